The number of carbonyl (C=O) groups is 1. The summed E-state index contributed by atoms with van der Waals surface area (Å²) in [7, 11) is 0. The van der Waals surface area contributed by atoms with Gasteiger partial charge in [-0.1, -0.05) is 12.1 Å². The Morgan fingerprint density at radius 2 is 1.82 bits per heavy atom. The number of halogens is 1. The van der Waals surface area contributed by atoms with E-state index in [9.17, 15) is 4.79 Å². The molecule has 0 saturated carbocycles. The third kappa shape index (κ3) is 4.67. The highest BCUT2D eigenvalue weighted by Crippen LogP contribution is 2.17. The molecule has 0 aliphatic carbocycles. The Morgan fingerprint density at radius 3 is 2.45 bits per heavy atom. The van der Waals surface area contributed by atoms with E-state index in [2.05, 4.69) is 33.2 Å². The first-order valence-electron chi connectivity index (χ1n) is 6.70. The molecule has 0 spiro atoms. The standard InChI is InChI=1S/C16H15IN2O2S/c1-2-21-15(20)11-7-9-12(10-8-11)18-16(22)19-14-6-4-3-5-13(14)17/h3-10H,2H2,1H3,(H2,18,19,22). The van der Waals surface area contributed by atoms with Gasteiger partial charge in [-0.25, -0.2) is 4.79 Å². The average Bonchev–Trinajstić information content (AvgIpc) is 2.50. The summed E-state index contributed by atoms with van der Waals surface area (Å²) in [6.45, 7) is 2.14. The van der Waals surface area contributed by atoms with Crippen LogP contribution in [0.5, 0.6) is 0 Å². The quantitative estimate of drug-likeness (QED) is 0.435. The van der Waals surface area contributed by atoms with Gasteiger partial charge >= 0.3 is 5.97 Å². The van der Waals surface area contributed by atoms with Crippen LogP contribution in [0.1, 0.15) is 17.3 Å². The van der Waals surface area contributed by atoms with Crippen molar-refractivity contribution in [3.8, 4) is 0 Å². The van der Waals surface area contributed by atoms with Crippen molar-refractivity contribution in [1.29, 1.82) is 0 Å². The molecule has 2 N–H and O–H groups in total. The molecule has 0 unspecified atom stereocenters. The number of hydrogen-bond acceptors (Lipinski definition) is 3. The number of rotatable bonds is 4. The fourth-order valence-electron chi connectivity index (χ4n) is 1.75. The van der Waals surface area contributed by atoms with Crippen molar-refractivity contribution < 1.29 is 9.53 Å². The number of benzene rings is 2. The summed E-state index contributed by atoms with van der Waals surface area (Å²) in [5, 5.41) is 6.71. The van der Waals surface area contributed by atoms with Crippen molar-refractivity contribution in [2.75, 3.05) is 17.2 Å². The molecular weight excluding hydrogens is 411 g/mol. The molecule has 2 rings (SSSR count). The second-order valence-corrected chi connectivity index (χ2v) is 5.93. The average molecular weight is 426 g/mol. The number of thiocarbonyl (C=S) groups is 1. The van der Waals surface area contributed by atoms with Gasteiger partial charge in [0.1, 0.15) is 0 Å². The zero-order chi connectivity index (χ0) is 15.9. The van der Waals surface area contributed by atoms with Gasteiger partial charge in [0.15, 0.2) is 5.11 Å². The van der Waals surface area contributed by atoms with E-state index in [1.54, 1.807) is 31.2 Å². The van der Waals surface area contributed by atoms with Crippen molar-refractivity contribution in [3.05, 3.63) is 57.7 Å². The predicted octanol–water partition coefficient (Wildman–Crippen LogP) is 4.28. The van der Waals surface area contributed by atoms with Crippen LogP contribution in [0.4, 0.5) is 11.4 Å². The highest BCUT2D eigenvalue weighted by atomic mass is 127. The van der Waals surface area contributed by atoms with E-state index in [0.717, 1.165) is 14.9 Å². The second kappa shape index (κ2) is 8.09. The molecule has 0 bridgehead atoms. The van der Waals surface area contributed by atoms with Crippen LogP contribution in [0.25, 0.3) is 0 Å². The summed E-state index contributed by atoms with van der Waals surface area (Å²) in [5.74, 6) is -0.325. The summed E-state index contributed by atoms with van der Waals surface area (Å²) >= 11 is 7.53. The third-order valence-electron chi connectivity index (χ3n) is 2.78. The fraction of sp³-hybridized carbons (Fsp3) is 0.125. The van der Waals surface area contributed by atoms with Crippen molar-refractivity contribution in [1.82, 2.24) is 0 Å². The van der Waals surface area contributed by atoms with Gasteiger partial charge < -0.3 is 15.4 Å². The molecule has 0 heterocycles. The lowest BCUT2D eigenvalue weighted by Gasteiger charge is -2.12. The largest absolute Gasteiger partial charge is 0.462 e. The lowest BCUT2D eigenvalue weighted by atomic mass is 10.2. The predicted molar refractivity (Wildman–Crippen MR) is 101 cm³/mol. The lowest BCUT2D eigenvalue weighted by molar-refractivity contribution is 0.0526. The maximum atomic E-state index is 11.6. The molecule has 2 aromatic rings. The van der Waals surface area contributed by atoms with Crippen LogP contribution < -0.4 is 10.6 Å². The molecule has 22 heavy (non-hydrogen) atoms. The Morgan fingerprint density at radius 1 is 1.14 bits per heavy atom. The van der Waals surface area contributed by atoms with Crippen molar-refractivity contribution in [2.24, 2.45) is 0 Å². The van der Waals surface area contributed by atoms with E-state index in [1.165, 1.54) is 0 Å². The SMILES string of the molecule is CCOC(=O)c1ccc(NC(=S)Nc2ccccc2I)cc1. The maximum absolute atomic E-state index is 11.6. The molecule has 0 fully saturated rings. The number of nitrogens with one attached hydrogen (secondary N) is 2. The van der Waals surface area contributed by atoms with E-state index < -0.39 is 0 Å². The summed E-state index contributed by atoms with van der Waals surface area (Å²) in [6, 6.07) is 14.9. The third-order valence-corrected chi connectivity index (χ3v) is 3.92. The summed E-state index contributed by atoms with van der Waals surface area (Å²) < 4.78 is 6.03. The van der Waals surface area contributed by atoms with Crippen LogP contribution in [0.2, 0.25) is 0 Å². The Bertz CT molecular complexity index is 674. The van der Waals surface area contributed by atoms with Crippen LogP contribution in [0.3, 0.4) is 0 Å². The first-order valence-corrected chi connectivity index (χ1v) is 8.18. The van der Waals surface area contributed by atoms with Crippen LogP contribution in [-0.2, 0) is 4.74 Å². The molecule has 114 valence electrons. The van der Waals surface area contributed by atoms with E-state index in [4.69, 9.17) is 17.0 Å². The van der Waals surface area contributed by atoms with Gasteiger partial charge in [0.05, 0.1) is 17.9 Å². The molecule has 0 amide bonds. The van der Waals surface area contributed by atoms with Gasteiger partial charge in [0, 0.05) is 9.26 Å². The van der Waals surface area contributed by atoms with E-state index in [0.29, 0.717) is 17.3 Å². The fourth-order valence-corrected chi connectivity index (χ4v) is 2.50. The molecule has 0 saturated heterocycles. The molecular formula is C16H15IN2O2S. The summed E-state index contributed by atoms with van der Waals surface area (Å²) in [5.41, 5.74) is 2.27. The number of para-hydroxylation sites is 1. The molecule has 0 aliphatic rings. The van der Waals surface area contributed by atoms with E-state index in [1.807, 2.05) is 24.3 Å². The Labute approximate surface area is 148 Å². The minimum Gasteiger partial charge on any atom is -0.462 e. The molecule has 0 aliphatic heterocycles. The Kier molecular flexibility index (Phi) is 6.14. The number of ether oxygens (including phenoxy) is 1. The highest BCUT2D eigenvalue weighted by molar-refractivity contribution is 14.1. The number of hydrogen-bond donors (Lipinski definition) is 2. The monoisotopic (exact) mass is 426 g/mol. The van der Waals surface area contributed by atoms with E-state index >= 15 is 0 Å². The Balaban J connectivity index is 1.97. The first kappa shape index (κ1) is 16.7. The van der Waals surface area contributed by atoms with Gasteiger partial charge in [0.25, 0.3) is 0 Å². The zero-order valence-electron chi connectivity index (χ0n) is 11.9. The van der Waals surface area contributed by atoms with E-state index in [-0.39, 0.29) is 5.97 Å². The molecule has 0 aromatic heterocycles. The topological polar surface area (TPSA) is 50.4 Å². The molecule has 4 nitrogen and oxygen atoms in total. The molecule has 2 aromatic carbocycles. The number of anilines is 2. The molecule has 0 atom stereocenters. The molecule has 0 radical (unpaired) electrons. The zero-order valence-corrected chi connectivity index (χ0v) is 14.9. The van der Waals surface area contributed by atoms with Crippen LogP contribution in [0.15, 0.2) is 48.5 Å². The number of esters is 1. The summed E-state index contributed by atoms with van der Waals surface area (Å²) in [4.78, 5) is 11.6. The second-order valence-electron chi connectivity index (χ2n) is 4.36. The summed E-state index contributed by atoms with van der Waals surface area (Å²) in [6.07, 6.45) is 0. The van der Waals surface area contributed by atoms with Gasteiger partial charge in [-0.15, -0.1) is 0 Å². The normalized spacial score (nSPS) is 9.91. The smallest absolute Gasteiger partial charge is 0.338 e. The Hall–Kier alpha value is -1.67. The maximum Gasteiger partial charge on any atom is 0.338 e. The van der Waals surface area contributed by atoms with Crippen molar-refractivity contribution >= 4 is 57.3 Å². The van der Waals surface area contributed by atoms with Crippen molar-refractivity contribution in [3.63, 3.8) is 0 Å². The molecule has 6 heteroatoms. The van der Waals surface area contributed by atoms with Crippen LogP contribution in [0, 0.1) is 3.57 Å². The highest BCUT2D eigenvalue weighted by Gasteiger charge is 2.06. The van der Waals surface area contributed by atoms with Gasteiger partial charge in [0.2, 0.25) is 0 Å². The first-order chi connectivity index (χ1) is 10.6. The lowest BCUT2D eigenvalue weighted by Crippen LogP contribution is -2.19. The van der Waals surface area contributed by atoms with Crippen LogP contribution in [-0.4, -0.2) is 17.7 Å². The number of carbonyl (C=O) groups excluding carboxylic acids is 1. The minimum atomic E-state index is -0.325. The van der Waals surface area contributed by atoms with Gasteiger partial charge in [-0.2, -0.15) is 0 Å². The van der Waals surface area contributed by atoms with Gasteiger partial charge in [-0.05, 0) is 78.1 Å². The van der Waals surface area contributed by atoms with Crippen LogP contribution >= 0.6 is 34.8 Å². The minimum absolute atomic E-state index is 0.325. The van der Waals surface area contributed by atoms with Crippen molar-refractivity contribution in [2.45, 2.75) is 6.92 Å². The van der Waals surface area contributed by atoms with Gasteiger partial charge in [-0.3, -0.25) is 0 Å².